The first-order valence-corrected chi connectivity index (χ1v) is 13.1. The molecule has 0 saturated carbocycles. The molecule has 0 unspecified atom stereocenters. The summed E-state index contributed by atoms with van der Waals surface area (Å²) in [5.41, 5.74) is 4.83. The van der Waals surface area contributed by atoms with Crippen LogP contribution in [0.4, 0.5) is 5.69 Å². The number of anilines is 1. The summed E-state index contributed by atoms with van der Waals surface area (Å²) in [4.78, 5) is 38.1. The number of phosphoric acid groups is 1. The summed E-state index contributed by atoms with van der Waals surface area (Å²) >= 11 is 0. The van der Waals surface area contributed by atoms with E-state index in [2.05, 4.69) is 9.88 Å². The maximum atomic E-state index is 13.0. The van der Waals surface area contributed by atoms with Gasteiger partial charge in [0, 0.05) is 42.5 Å². The van der Waals surface area contributed by atoms with Crippen molar-refractivity contribution in [2.45, 2.75) is 20.2 Å². The third-order valence-corrected chi connectivity index (χ3v) is 6.63. The smallest absolute Gasteiger partial charge is 0.378 e. The Labute approximate surface area is 207 Å². The Morgan fingerprint density at radius 1 is 1.11 bits per heavy atom. The second kappa shape index (κ2) is 10.0. The molecular weight excluding hydrogens is 483 g/mol. The maximum Gasteiger partial charge on any atom is 0.471 e. The van der Waals surface area contributed by atoms with Crippen LogP contribution in [0.1, 0.15) is 11.1 Å². The molecule has 188 valence electrons. The number of morpholine rings is 1. The van der Waals surface area contributed by atoms with Gasteiger partial charge in [0.2, 0.25) is 0 Å². The Hall–Kier alpha value is -3.27. The minimum atomic E-state index is -4.68. The van der Waals surface area contributed by atoms with Gasteiger partial charge in [0.1, 0.15) is 12.4 Å². The van der Waals surface area contributed by atoms with Crippen LogP contribution in [-0.2, 0) is 27.1 Å². The standard InChI is InChI=1S/C25H27N4O6P/c1-18-3-2-4-19(11-18)15-28-6-5-20(12-24(28)30)23-16-29(17-35-36(31,32)33)25-22(23)13-21(14-26-25)27-7-9-34-10-8-27/h2-6,11-14,16H,7-10,15,17H2,1H3,(H2,31,32,33). The predicted octanol–water partition coefficient (Wildman–Crippen LogP) is 3.13. The lowest BCUT2D eigenvalue weighted by atomic mass is 10.1. The molecule has 4 heterocycles. The third kappa shape index (κ3) is 5.43. The molecule has 1 aromatic carbocycles. The predicted molar refractivity (Wildman–Crippen MR) is 136 cm³/mol. The first kappa shape index (κ1) is 24.4. The van der Waals surface area contributed by atoms with Gasteiger partial charge in [0.25, 0.3) is 5.56 Å². The molecule has 36 heavy (non-hydrogen) atoms. The first-order valence-electron chi connectivity index (χ1n) is 11.5. The number of aryl methyl sites for hydroxylation is 1. The molecule has 3 aromatic heterocycles. The minimum Gasteiger partial charge on any atom is -0.378 e. The summed E-state index contributed by atoms with van der Waals surface area (Å²) in [5, 5.41) is 0.754. The molecule has 0 spiro atoms. The molecule has 1 aliphatic rings. The number of hydrogen-bond donors (Lipinski definition) is 2. The highest BCUT2D eigenvalue weighted by Crippen LogP contribution is 2.38. The van der Waals surface area contributed by atoms with Crippen molar-refractivity contribution in [2.24, 2.45) is 0 Å². The largest absolute Gasteiger partial charge is 0.471 e. The van der Waals surface area contributed by atoms with Crippen molar-refractivity contribution >= 4 is 24.5 Å². The van der Waals surface area contributed by atoms with Gasteiger partial charge in [-0.05, 0) is 30.2 Å². The Kier molecular flexibility index (Phi) is 6.79. The number of fused-ring (bicyclic) bond motifs is 1. The van der Waals surface area contributed by atoms with Crippen LogP contribution in [0.2, 0.25) is 0 Å². The minimum absolute atomic E-state index is 0.154. The maximum absolute atomic E-state index is 13.0. The average molecular weight is 510 g/mol. The fraction of sp³-hybridized carbons (Fsp3) is 0.280. The van der Waals surface area contributed by atoms with Gasteiger partial charge in [-0.2, -0.15) is 0 Å². The molecule has 2 N–H and O–H groups in total. The lowest BCUT2D eigenvalue weighted by Gasteiger charge is -2.28. The van der Waals surface area contributed by atoms with Crippen molar-refractivity contribution in [1.82, 2.24) is 14.1 Å². The molecule has 10 nitrogen and oxygen atoms in total. The number of benzene rings is 1. The highest BCUT2D eigenvalue weighted by Gasteiger charge is 2.19. The van der Waals surface area contributed by atoms with Crippen molar-refractivity contribution in [1.29, 1.82) is 0 Å². The zero-order valence-corrected chi connectivity index (χ0v) is 20.7. The molecule has 0 aliphatic carbocycles. The Bertz CT molecular complexity index is 1500. The highest BCUT2D eigenvalue weighted by molar-refractivity contribution is 7.46. The first-order chi connectivity index (χ1) is 17.3. The SMILES string of the molecule is Cc1cccc(Cn2ccc(-c3cn(COP(=O)(O)O)c4ncc(N5CCOCC5)cc34)cc2=O)c1. The summed E-state index contributed by atoms with van der Waals surface area (Å²) in [6.45, 7) is 4.82. The monoisotopic (exact) mass is 510 g/mol. The van der Waals surface area contributed by atoms with Crippen molar-refractivity contribution < 1.29 is 23.6 Å². The second-order valence-electron chi connectivity index (χ2n) is 8.80. The molecule has 0 atom stereocenters. The van der Waals surface area contributed by atoms with Crippen molar-refractivity contribution in [3.8, 4) is 11.1 Å². The lowest BCUT2D eigenvalue weighted by molar-refractivity contribution is 0.122. The average Bonchev–Trinajstić information content (AvgIpc) is 3.22. The zero-order chi connectivity index (χ0) is 25.3. The number of nitrogens with zero attached hydrogens (tertiary/aromatic N) is 4. The van der Waals surface area contributed by atoms with Crippen molar-refractivity contribution in [3.05, 3.63) is 82.5 Å². The quantitative estimate of drug-likeness (QED) is 0.364. The number of pyridine rings is 2. The van der Waals surface area contributed by atoms with E-state index >= 15 is 0 Å². The Morgan fingerprint density at radius 2 is 1.92 bits per heavy atom. The van der Waals surface area contributed by atoms with Crippen LogP contribution in [0, 0.1) is 6.92 Å². The summed E-state index contributed by atoms with van der Waals surface area (Å²) < 4.78 is 24.7. The zero-order valence-electron chi connectivity index (χ0n) is 19.8. The second-order valence-corrected chi connectivity index (χ2v) is 10.0. The van der Waals surface area contributed by atoms with Crippen LogP contribution >= 0.6 is 7.82 Å². The number of rotatable bonds is 7. The van der Waals surface area contributed by atoms with Crippen LogP contribution in [0.15, 0.2) is 65.8 Å². The van der Waals surface area contributed by atoms with Crippen molar-refractivity contribution in [3.63, 3.8) is 0 Å². The summed E-state index contributed by atoms with van der Waals surface area (Å²) in [6.07, 6.45) is 5.19. The van der Waals surface area contributed by atoms with Gasteiger partial charge in [0.05, 0.1) is 31.6 Å². The van der Waals surface area contributed by atoms with Gasteiger partial charge in [-0.1, -0.05) is 29.8 Å². The molecule has 11 heteroatoms. The van der Waals surface area contributed by atoms with E-state index in [-0.39, 0.29) is 12.3 Å². The van der Waals surface area contributed by atoms with E-state index in [9.17, 15) is 19.1 Å². The van der Waals surface area contributed by atoms with Gasteiger partial charge >= 0.3 is 7.82 Å². The summed E-state index contributed by atoms with van der Waals surface area (Å²) in [6, 6.07) is 13.4. The van der Waals surface area contributed by atoms with Crippen LogP contribution < -0.4 is 10.5 Å². The summed E-state index contributed by atoms with van der Waals surface area (Å²) in [5.74, 6) is 0. The van der Waals surface area contributed by atoms with E-state index in [0.29, 0.717) is 31.0 Å². The van der Waals surface area contributed by atoms with Crippen LogP contribution in [0.3, 0.4) is 0 Å². The van der Waals surface area contributed by atoms with E-state index in [1.165, 1.54) is 4.57 Å². The van der Waals surface area contributed by atoms with Gasteiger partial charge < -0.3 is 28.6 Å². The van der Waals surface area contributed by atoms with Gasteiger partial charge in [-0.25, -0.2) is 9.55 Å². The van der Waals surface area contributed by atoms with Crippen LogP contribution in [0.5, 0.6) is 0 Å². The van der Waals surface area contributed by atoms with E-state index < -0.39 is 7.82 Å². The Morgan fingerprint density at radius 3 is 2.64 bits per heavy atom. The third-order valence-electron chi connectivity index (χ3n) is 6.18. The molecule has 1 aliphatic heterocycles. The van der Waals surface area contributed by atoms with Gasteiger partial charge in [-0.3, -0.25) is 9.32 Å². The van der Waals surface area contributed by atoms with Gasteiger partial charge in [-0.15, -0.1) is 0 Å². The molecule has 5 rings (SSSR count). The molecule has 0 radical (unpaired) electrons. The highest BCUT2D eigenvalue weighted by atomic mass is 31.2. The number of ether oxygens (including phenoxy) is 1. The number of aromatic nitrogens is 3. The lowest BCUT2D eigenvalue weighted by Crippen LogP contribution is -2.36. The fourth-order valence-electron chi connectivity index (χ4n) is 4.43. The molecule has 1 saturated heterocycles. The van der Waals surface area contributed by atoms with E-state index in [1.54, 1.807) is 29.2 Å². The van der Waals surface area contributed by atoms with E-state index in [1.807, 2.05) is 43.3 Å². The molecule has 0 bridgehead atoms. The normalized spacial score (nSPS) is 14.5. The topological polar surface area (TPSA) is 119 Å². The van der Waals surface area contributed by atoms with Crippen molar-refractivity contribution in [2.75, 3.05) is 31.2 Å². The Balaban J connectivity index is 1.54. The van der Waals surface area contributed by atoms with E-state index in [0.717, 1.165) is 40.9 Å². The van der Waals surface area contributed by atoms with E-state index in [4.69, 9.17) is 9.26 Å². The molecule has 0 amide bonds. The number of phosphoric ester groups is 1. The van der Waals surface area contributed by atoms with Gasteiger partial charge in [0.15, 0.2) is 0 Å². The summed E-state index contributed by atoms with van der Waals surface area (Å²) in [7, 11) is -4.68. The van der Waals surface area contributed by atoms with Crippen LogP contribution in [0.25, 0.3) is 22.2 Å². The van der Waals surface area contributed by atoms with Crippen LogP contribution in [-0.4, -0.2) is 50.2 Å². The fourth-order valence-corrected chi connectivity index (χ4v) is 4.71. The molecular formula is C25H27N4O6P. The molecule has 1 fully saturated rings. The number of hydrogen-bond acceptors (Lipinski definition) is 6. The molecule has 4 aromatic rings.